The molecule has 0 aliphatic carbocycles. The lowest BCUT2D eigenvalue weighted by molar-refractivity contribution is 0.101. The molecule has 0 fully saturated rings. The van der Waals surface area contributed by atoms with Crippen LogP contribution in [0.15, 0.2) is 42.2 Å². The lowest BCUT2D eigenvalue weighted by atomic mass is 10.1. The summed E-state index contributed by atoms with van der Waals surface area (Å²) < 4.78 is 5.50. The summed E-state index contributed by atoms with van der Waals surface area (Å²) in [6, 6.07) is 9.65. The Balaban J connectivity index is 2.01. The van der Waals surface area contributed by atoms with Crippen LogP contribution >= 0.6 is 23.2 Å². The van der Waals surface area contributed by atoms with Gasteiger partial charge in [0, 0.05) is 0 Å². The van der Waals surface area contributed by atoms with E-state index in [-0.39, 0.29) is 22.3 Å². The molecule has 100 valence electrons. The summed E-state index contributed by atoms with van der Waals surface area (Å²) in [7, 11) is 0. The number of allylic oxidation sites excluding steroid dienone is 1. The van der Waals surface area contributed by atoms with E-state index >= 15 is 0 Å². The lowest BCUT2D eigenvalue weighted by Gasteiger charge is -2.01. The fraction of sp³-hybridized carbons (Fsp3) is 0. The van der Waals surface area contributed by atoms with Gasteiger partial charge < -0.3 is 9.84 Å². The second-order valence-electron chi connectivity index (χ2n) is 4.27. The van der Waals surface area contributed by atoms with Gasteiger partial charge in [0.25, 0.3) is 0 Å². The van der Waals surface area contributed by atoms with Crippen LogP contribution in [0.2, 0.25) is 10.0 Å². The quantitative estimate of drug-likeness (QED) is 0.798. The number of phenolic OH excluding ortho intramolecular Hbond substituents is 1. The molecule has 0 radical (unpaired) electrons. The van der Waals surface area contributed by atoms with E-state index in [1.807, 2.05) is 0 Å². The molecule has 2 aromatic rings. The second-order valence-corrected chi connectivity index (χ2v) is 5.08. The van der Waals surface area contributed by atoms with Crippen molar-refractivity contribution in [2.24, 2.45) is 0 Å². The van der Waals surface area contributed by atoms with E-state index in [2.05, 4.69) is 0 Å². The molecular formula is C15H8Cl2O3. The van der Waals surface area contributed by atoms with E-state index in [1.165, 1.54) is 6.07 Å². The van der Waals surface area contributed by atoms with Crippen LogP contribution in [-0.2, 0) is 0 Å². The van der Waals surface area contributed by atoms with E-state index in [0.717, 1.165) is 0 Å². The molecule has 0 bridgehead atoms. The number of para-hydroxylation sites is 1. The molecule has 1 heterocycles. The van der Waals surface area contributed by atoms with Crippen molar-refractivity contribution >= 4 is 35.1 Å². The molecule has 0 atom stereocenters. The van der Waals surface area contributed by atoms with Crippen LogP contribution in [0.25, 0.3) is 6.08 Å². The molecule has 0 amide bonds. The number of halogens is 2. The van der Waals surface area contributed by atoms with Crippen molar-refractivity contribution in [1.29, 1.82) is 0 Å². The van der Waals surface area contributed by atoms with E-state index in [9.17, 15) is 9.90 Å². The monoisotopic (exact) mass is 306 g/mol. The van der Waals surface area contributed by atoms with Gasteiger partial charge in [-0.15, -0.1) is 0 Å². The highest BCUT2D eigenvalue weighted by molar-refractivity contribution is 6.33. The first kappa shape index (κ1) is 13.0. The highest BCUT2D eigenvalue weighted by atomic mass is 35.5. The molecule has 3 nitrogen and oxygen atoms in total. The first-order valence-electron chi connectivity index (χ1n) is 5.77. The maximum atomic E-state index is 12.2. The molecule has 0 aromatic heterocycles. The van der Waals surface area contributed by atoms with Gasteiger partial charge in [-0.1, -0.05) is 35.3 Å². The number of aromatic hydroxyl groups is 1. The maximum Gasteiger partial charge on any atom is 0.232 e. The number of hydrogen-bond donors (Lipinski definition) is 1. The summed E-state index contributed by atoms with van der Waals surface area (Å²) in [5.41, 5.74) is 1.09. The standard InChI is InChI=1S/C15H8Cl2O3/c16-10-3-1-2-9-14(19)13(20-15(9)10)7-8-4-5-12(18)11(17)6-8/h1-7,18H. The van der Waals surface area contributed by atoms with Crippen molar-refractivity contribution < 1.29 is 14.6 Å². The minimum atomic E-state index is -0.230. The van der Waals surface area contributed by atoms with Crippen molar-refractivity contribution in [3.05, 3.63) is 63.3 Å². The van der Waals surface area contributed by atoms with Gasteiger partial charge in [0.2, 0.25) is 5.78 Å². The Morgan fingerprint density at radius 2 is 1.90 bits per heavy atom. The van der Waals surface area contributed by atoms with Crippen LogP contribution in [0.1, 0.15) is 15.9 Å². The average Bonchev–Trinajstić information content (AvgIpc) is 2.73. The van der Waals surface area contributed by atoms with Crippen molar-refractivity contribution in [1.82, 2.24) is 0 Å². The zero-order chi connectivity index (χ0) is 14.3. The fourth-order valence-electron chi connectivity index (χ4n) is 1.94. The van der Waals surface area contributed by atoms with E-state index < -0.39 is 0 Å². The molecule has 20 heavy (non-hydrogen) atoms. The molecule has 3 rings (SSSR count). The van der Waals surface area contributed by atoms with Crippen LogP contribution in [0, 0.1) is 0 Å². The Morgan fingerprint density at radius 3 is 2.60 bits per heavy atom. The minimum Gasteiger partial charge on any atom is -0.506 e. The Labute approximate surface area is 125 Å². The van der Waals surface area contributed by atoms with Crippen LogP contribution in [0.4, 0.5) is 0 Å². The highest BCUT2D eigenvalue weighted by Gasteiger charge is 2.28. The Morgan fingerprint density at radius 1 is 1.10 bits per heavy atom. The van der Waals surface area contributed by atoms with Gasteiger partial charge in [-0.05, 0) is 35.9 Å². The summed E-state index contributed by atoms with van der Waals surface area (Å²) in [6.45, 7) is 0. The zero-order valence-electron chi connectivity index (χ0n) is 10.1. The number of fused-ring (bicyclic) bond motifs is 1. The van der Waals surface area contributed by atoms with Gasteiger partial charge in [0.1, 0.15) is 5.75 Å². The summed E-state index contributed by atoms with van der Waals surface area (Å²) in [4.78, 5) is 12.2. The number of carbonyl (C=O) groups excluding carboxylic acids is 1. The summed E-state index contributed by atoms with van der Waals surface area (Å²) in [5.74, 6) is 0.302. The SMILES string of the molecule is O=C1C(=Cc2ccc(O)c(Cl)c2)Oc2c(Cl)cccc21. The smallest absolute Gasteiger partial charge is 0.232 e. The Kier molecular flexibility index (Phi) is 3.16. The van der Waals surface area contributed by atoms with Gasteiger partial charge in [-0.2, -0.15) is 0 Å². The van der Waals surface area contributed by atoms with Crippen molar-refractivity contribution in [2.45, 2.75) is 0 Å². The minimum absolute atomic E-state index is 0.0150. The number of carbonyl (C=O) groups is 1. The van der Waals surface area contributed by atoms with Gasteiger partial charge in [-0.3, -0.25) is 4.79 Å². The van der Waals surface area contributed by atoms with E-state index in [0.29, 0.717) is 21.9 Å². The molecular weight excluding hydrogens is 299 g/mol. The molecule has 1 aliphatic rings. The number of ether oxygens (including phenoxy) is 1. The summed E-state index contributed by atoms with van der Waals surface area (Å²) in [6.07, 6.45) is 1.56. The zero-order valence-corrected chi connectivity index (χ0v) is 11.6. The predicted molar refractivity (Wildman–Crippen MR) is 77.5 cm³/mol. The number of phenols is 1. The third-order valence-corrected chi connectivity index (χ3v) is 3.52. The number of Topliss-reactive ketones (excluding diaryl/α,β-unsaturated/α-hetero) is 1. The van der Waals surface area contributed by atoms with Crippen molar-refractivity contribution in [3.63, 3.8) is 0 Å². The first-order valence-corrected chi connectivity index (χ1v) is 6.53. The van der Waals surface area contributed by atoms with Crippen LogP contribution in [0.5, 0.6) is 11.5 Å². The molecule has 0 spiro atoms. The summed E-state index contributed by atoms with van der Waals surface area (Å²) in [5, 5.41) is 9.97. The molecule has 0 unspecified atom stereocenters. The largest absolute Gasteiger partial charge is 0.506 e. The van der Waals surface area contributed by atoms with E-state index in [4.69, 9.17) is 27.9 Å². The Bertz CT molecular complexity index is 751. The number of hydrogen-bond acceptors (Lipinski definition) is 3. The molecule has 1 N–H and O–H groups in total. The predicted octanol–water partition coefficient (Wildman–Crippen LogP) is 4.32. The average molecular weight is 307 g/mol. The third-order valence-electron chi connectivity index (χ3n) is 2.92. The van der Waals surface area contributed by atoms with Gasteiger partial charge in [-0.25, -0.2) is 0 Å². The first-order chi connectivity index (χ1) is 9.56. The topological polar surface area (TPSA) is 46.5 Å². The summed E-state index contributed by atoms with van der Waals surface area (Å²) >= 11 is 11.8. The van der Waals surface area contributed by atoms with Crippen LogP contribution < -0.4 is 4.74 Å². The molecule has 1 aliphatic heterocycles. The molecule has 0 saturated carbocycles. The third kappa shape index (κ3) is 2.15. The number of ketones is 1. The molecule has 0 saturated heterocycles. The second kappa shape index (κ2) is 4.85. The lowest BCUT2D eigenvalue weighted by Crippen LogP contribution is -1.97. The number of rotatable bonds is 1. The van der Waals surface area contributed by atoms with Crippen LogP contribution in [0.3, 0.4) is 0 Å². The molecule has 2 aromatic carbocycles. The highest BCUT2D eigenvalue weighted by Crippen LogP contribution is 2.38. The van der Waals surface area contributed by atoms with Gasteiger partial charge in [0.05, 0.1) is 15.6 Å². The fourth-order valence-corrected chi connectivity index (χ4v) is 2.34. The van der Waals surface area contributed by atoms with Gasteiger partial charge in [0.15, 0.2) is 11.5 Å². The van der Waals surface area contributed by atoms with E-state index in [1.54, 1.807) is 36.4 Å². The van der Waals surface area contributed by atoms with Gasteiger partial charge >= 0.3 is 0 Å². The maximum absolute atomic E-state index is 12.2. The van der Waals surface area contributed by atoms with Crippen LogP contribution in [-0.4, -0.2) is 10.9 Å². The Hall–Kier alpha value is -1.97. The normalized spacial score (nSPS) is 15.3. The molecule has 5 heteroatoms. The number of benzene rings is 2. The van der Waals surface area contributed by atoms with Crippen molar-refractivity contribution in [3.8, 4) is 11.5 Å². The van der Waals surface area contributed by atoms with Crippen molar-refractivity contribution in [2.75, 3.05) is 0 Å².